The Hall–Kier alpha value is -0.860. The summed E-state index contributed by atoms with van der Waals surface area (Å²) in [4.78, 5) is 21.9. The van der Waals surface area contributed by atoms with Crippen molar-refractivity contribution in [3.63, 3.8) is 0 Å². The molecule has 0 radical (unpaired) electrons. The van der Waals surface area contributed by atoms with E-state index in [1.54, 1.807) is 0 Å². The van der Waals surface area contributed by atoms with E-state index >= 15 is 0 Å². The molecular formula is C27H52O3. The van der Waals surface area contributed by atoms with E-state index in [0.717, 1.165) is 32.0 Å². The third kappa shape index (κ3) is 25.2. The summed E-state index contributed by atoms with van der Waals surface area (Å²) in [6, 6.07) is 0. The van der Waals surface area contributed by atoms with Crippen molar-refractivity contribution in [1.29, 1.82) is 0 Å². The number of aldehydes is 1. The fourth-order valence-corrected chi connectivity index (χ4v) is 3.94. The van der Waals surface area contributed by atoms with Crippen LogP contribution in [0.25, 0.3) is 0 Å². The topological polar surface area (TPSA) is 43.4 Å². The smallest absolute Gasteiger partial charge is 0.305 e. The Labute approximate surface area is 188 Å². The highest BCUT2D eigenvalue weighted by Crippen LogP contribution is 2.14. The summed E-state index contributed by atoms with van der Waals surface area (Å²) in [5.41, 5.74) is 0. The molecule has 0 N–H and O–H groups in total. The van der Waals surface area contributed by atoms with Crippen LogP contribution in [0.1, 0.15) is 155 Å². The van der Waals surface area contributed by atoms with Gasteiger partial charge in [-0.15, -0.1) is 0 Å². The van der Waals surface area contributed by atoms with Gasteiger partial charge in [0.05, 0.1) is 6.61 Å². The van der Waals surface area contributed by atoms with Crippen LogP contribution in [0.15, 0.2) is 0 Å². The Bertz CT molecular complexity index is 354. The Morgan fingerprint density at radius 1 is 0.567 bits per heavy atom. The third-order valence-electron chi connectivity index (χ3n) is 5.96. The SMILES string of the molecule is CCCCCCCCC(=O)OCCCCCCCCCCCCCCCCCC=O. The molecule has 0 spiro atoms. The molecule has 0 bridgehead atoms. The lowest BCUT2D eigenvalue weighted by Crippen LogP contribution is -2.05. The van der Waals surface area contributed by atoms with E-state index in [2.05, 4.69) is 6.92 Å². The van der Waals surface area contributed by atoms with Crippen LogP contribution in [0.4, 0.5) is 0 Å². The minimum Gasteiger partial charge on any atom is -0.466 e. The first-order valence-electron chi connectivity index (χ1n) is 13.4. The van der Waals surface area contributed by atoms with Crippen molar-refractivity contribution in [2.24, 2.45) is 0 Å². The molecule has 30 heavy (non-hydrogen) atoms. The van der Waals surface area contributed by atoms with Gasteiger partial charge < -0.3 is 9.53 Å². The molecule has 0 fully saturated rings. The van der Waals surface area contributed by atoms with Crippen LogP contribution in [-0.4, -0.2) is 18.9 Å². The molecule has 0 rings (SSSR count). The molecule has 0 unspecified atom stereocenters. The number of esters is 1. The molecule has 0 saturated heterocycles. The molecule has 0 aliphatic rings. The third-order valence-corrected chi connectivity index (χ3v) is 5.96. The van der Waals surface area contributed by atoms with Crippen LogP contribution >= 0.6 is 0 Å². The fourth-order valence-electron chi connectivity index (χ4n) is 3.94. The zero-order chi connectivity index (χ0) is 22.0. The fraction of sp³-hybridized carbons (Fsp3) is 0.926. The number of carbonyl (C=O) groups excluding carboxylic acids is 2. The summed E-state index contributed by atoms with van der Waals surface area (Å²) in [6.07, 6.45) is 29.1. The monoisotopic (exact) mass is 424 g/mol. The van der Waals surface area contributed by atoms with Crippen LogP contribution in [0.2, 0.25) is 0 Å². The van der Waals surface area contributed by atoms with E-state index in [-0.39, 0.29) is 5.97 Å². The van der Waals surface area contributed by atoms with E-state index in [1.807, 2.05) is 0 Å². The first kappa shape index (κ1) is 29.1. The van der Waals surface area contributed by atoms with Crippen LogP contribution in [0.5, 0.6) is 0 Å². The zero-order valence-corrected chi connectivity index (χ0v) is 20.3. The largest absolute Gasteiger partial charge is 0.466 e. The number of rotatable bonds is 25. The maximum absolute atomic E-state index is 11.7. The molecule has 0 aromatic rings. The standard InChI is InChI=1S/C27H52O3/c1-2-3-4-5-18-21-24-27(29)30-26-23-20-17-15-13-11-9-7-6-8-10-12-14-16-19-22-25-28/h25H,2-24,26H2,1H3. The molecule has 0 atom stereocenters. The average Bonchev–Trinajstić information content (AvgIpc) is 2.75. The molecule has 0 amide bonds. The van der Waals surface area contributed by atoms with E-state index < -0.39 is 0 Å². The van der Waals surface area contributed by atoms with Gasteiger partial charge in [0, 0.05) is 12.8 Å². The molecule has 178 valence electrons. The lowest BCUT2D eigenvalue weighted by atomic mass is 10.0. The Morgan fingerprint density at radius 2 is 0.967 bits per heavy atom. The van der Waals surface area contributed by atoms with Crippen LogP contribution in [0, 0.1) is 0 Å². The van der Waals surface area contributed by atoms with Gasteiger partial charge >= 0.3 is 5.97 Å². The van der Waals surface area contributed by atoms with Gasteiger partial charge in [0.15, 0.2) is 0 Å². The summed E-state index contributed by atoms with van der Waals surface area (Å²) in [6.45, 7) is 2.84. The summed E-state index contributed by atoms with van der Waals surface area (Å²) >= 11 is 0. The minimum atomic E-state index is 0.00314. The first-order valence-corrected chi connectivity index (χ1v) is 13.4. The number of ether oxygens (including phenoxy) is 1. The van der Waals surface area contributed by atoms with Gasteiger partial charge in [0.25, 0.3) is 0 Å². The van der Waals surface area contributed by atoms with Gasteiger partial charge in [0.1, 0.15) is 6.29 Å². The summed E-state index contributed by atoms with van der Waals surface area (Å²) in [7, 11) is 0. The van der Waals surface area contributed by atoms with Gasteiger partial charge in [-0.1, -0.05) is 122 Å². The molecule has 0 saturated carbocycles. The van der Waals surface area contributed by atoms with Crippen molar-refractivity contribution >= 4 is 12.3 Å². The van der Waals surface area contributed by atoms with Gasteiger partial charge in [0.2, 0.25) is 0 Å². The Morgan fingerprint density at radius 3 is 1.43 bits per heavy atom. The van der Waals surface area contributed by atoms with Crippen molar-refractivity contribution in [2.75, 3.05) is 6.61 Å². The molecule has 0 aliphatic heterocycles. The van der Waals surface area contributed by atoms with Gasteiger partial charge in [-0.3, -0.25) is 4.79 Å². The summed E-state index contributed by atoms with van der Waals surface area (Å²) in [5.74, 6) is 0.00314. The summed E-state index contributed by atoms with van der Waals surface area (Å²) < 4.78 is 5.34. The minimum absolute atomic E-state index is 0.00314. The number of hydrogen-bond acceptors (Lipinski definition) is 3. The van der Waals surface area contributed by atoms with E-state index in [4.69, 9.17) is 4.74 Å². The van der Waals surface area contributed by atoms with Crippen molar-refractivity contribution < 1.29 is 14.3 Å². The highest BCUT2D eigenvalue weighted by molar-refractivity contribution is 5.69. The maximum Gasteiger partial charge on any atom is 0.305 e. The number of hydrogen-bond donors (Lipinski definition) is 0. The zero-order valence-electron chi connectivity index (χ0n) is 20.3. The molecule has 0 heterocycles. The second-order valence-corrected chi connectivity index (χ2v) is 9.00. The van der Waals surface area contributed by atoms with Crippen molar-refractivity contribution in [2.45, 2.75) is 155 Å². The molecule has 3 nitrogen and oxygen atoms in total. The predicted molar refractivity (Wildman–Crippen MR) is 129 cm³/mol. The second kappa shape index (κ2) is 26.2. The van der Waals surface area contributed by atoms with Gasteiger partial charge in [-0.2, -0.15) is 0 Å². The quantitative estimate of drug-likeness (QED) is 0.0835. The number of unbranched alkanes of at least 4 members (excludes halogenated alkanes) is 20. The number of carbonyl (C=O) groups is 2. The van der Waals surface area contributed by atoms with Crippen molar-refractivity contribution in [3.05, 3.63) is 0 Å². The first-order chi connectivity index (χ1) is 14.8. The lowest BCUT2D eigenvalue weighted by Gasteiger charge is -2.05. The van der Waals surface area contributed by atoms with Crippen molar-refractivity contribution in [3.8, 4) is 0 Å². The van der Waals surface area contributed by atoms with Crippen molar-refractivity contribution in [1.82, 2.24) is 0 Å². The molecule has 0 aromatic heterocycles. The second-order valence-electron chi connectivity index (χ2n) is 9.00. The molecule has 0 aliphatic carbocycles. The van der Waals surface area contributed by atoms with Crippen LogP contribution in [-0.2, 0) is 14.3 Å². The Balaban J connectivity index is 3.10. The van der Waals surface area contributed by atoms with E-state index in [1.165, 1.54) is 116 Å². The van der Waals surface area contributed by atoms with Crippen LogP contribution in [0.3, 0.4) is 0 Å². The highest BCUT2D eigenvalue weighted by atomic mass is 16.5. The van der Waals surface area contributed by atoms with Gasteiger partial charge in [-0.25, -0.2) is 0 Å². The Kier molecular flexibility index (Phi) is 25.4. The molecular weight excluding hydrogens is 372 g/mol. The van der Waals surface area contributed by atoms with E-state index in [9.17, 15) is 9.59 Å². The summed E-state index contributed by atoms with van der Waals surface area (Å²) in [5, 5.41) is 0. The highest BCUT2D eigenvalue weighted by Gasteiger charge is 2.02. The van der Waals surface area contributed by atoms with Gasteiger partial charge in [-0.05, 0) is 19.3 Å². The van der Waals surface area contributed by atoms with E-state index in [0.29, 0.717) is 13.0 Å². The normalized spacial score (nSPS) is 11.0. The predicted octanol–water partition coefficient (Wildman–Crippen LogP) is 8.72. The molecule has 0 aromatic carbocycles. The van der Waals surface area contributed by atoms with Crippen LogP contribution < -0.4 is 0 Å². The maximum atomic E-state index is 11.7. The molecule has 3 heteroatoms. The lowest BCUT2D eigenvalue weighted by molar-refractivity contribution is -0.143. The average molecular weight is 425 g/mol.